The lowest BCUT2D eigenvalue weighted by molar-refractivity contribution is -0.137. The lowest BCUT2D eigenvalue weighted by atomic mass is 10.1. The van der Waals surface area contributed by atoms with E-state index in [1.165, 1.54) is 16.8 Å². The molecule has 2 rings (SSSR count). The van der Waals surface area contributed by atoms with Gasteiger partial charge in [0.25, 0.3) is 0 Å². The largest absolute Gasteiger partial charge is 0.481 e. The summed E-state index contributed by atoms with van der Waals surface area (Å²) in [6.45, 7) is 0. The summed E-state index contributed by atoms with van der Waals surface area (Å²) in [7, 11) is 0. The Morgan fingerprint density at radius 2 is 2.20 bits per heavy atom. The quantitative estimate of drug-likeness (QED) is 0.833. The molecule has 7 heteroatoms. The number of carboxylic acids is 1. The topological polar surface area (TPSA) is 68.0 Å². The zero-order valence-corrected chi connectivity index (χ0v) is 11.3. The van der Waals surface area contributed by atoms with Crippen molar-refractivity contribution in [2.75, 3.05) is 0 Å². The Balaban J connectivity index is 1.99. The van der Waals surface area contributed by atoms with Crippen LogP contribution in [0.15, 0.2) is 24.4 Å². The average molecular weight is 298 g/mol. The first-order valence-electron chi connectivity index (χ1n) is 6.14. The van der Waals surface area contributed by atoms with Crippen molar-refractivity contribution in [2.45, 2.75) is 25.7 Å². The van der Waals surface area contributed by atoms with Crippen molar-refractivity contribution >= 4 is 17.6 Å². The van der Waals surface area contributed by atoms with Crippen molar-refractivity contribution in [3.05, 3.63) is 40.9 Å². The van der Waals surface area contributed by atoms with Gasteiger partial charge in [-0.25, -0.2) is 9.07 Å². The molecular weight excluding hydrogens is 285 g/mol. The van der Waals surface area contributed by atoms with Gasteiger partial charge in [0.15, 0.2) is 0 Å². The number of aryl methyl sites for hydroxylation is 1. The number of carbonyl (C=O) groups is 1. The Kier molecular flexibility index (Phi) is 4.68. The third kappa shape index (κ3) is 3.77. The minimum absolute atomic E-state index is 0.139. The zero-order chi connectivity index (χ0) is 14.5. The second kappa shape index (κ2) is 6.47. The molecule has 0 amide bonds. The lowest BCUT2D eigenvalue weighted by Gasteiger charge is -2.01. The predicted octanol–water partition coefficient (Wildman–Crippen LogP) is 2.86. The molecule has 0 aliphatic rings. The minimum atomic E-state index is -0.808. The summed E-state index contributed by atoms with van der Waals surface area (Å²) < 4.78 is 15.0. The van der Waals surface area contributed by atoms with Crippen LogP contribution in [0.1, 0.15) is 25.0 Å². The van der Waals surface area contributed by atoms with Gasteiger partial charge in [0, 0.05) is 11.4 Å². The average Bonchev–Trinajstić information content (AvgIpc) is 2.83. The number of aromatic nitrogens is 3. The number of hydrogen-bond acceptors (Lipinski definition) is 3. The molecule has 2 aromatic rings. The fourth-order valence-electron chi connectivity index (χ4n) is 1.78. The van der Waals surface area contributed by atoms with Crippen LogP contribution >= 0.6 is 11.6 Å². The molecule has 0 fully saturated rings. The van der Waals surface area contributed by atoms with E-state index in [-0.39, 0.29) is 12.1 Å². The highest BCUT2D eigenvalue weighted by Gasteiger charge is 2.08. The number of nitrogens with zero attached hydrogens (tertiary/aromatic N) is 3. The SMILES string of the molecule is O=C(O)CCCCc1cn(-c2ccc(Cl)cc2F)nn1. The summed E-state index contributed by atoms with van der Waals surface area (Å²) in [6.07, 6.45) is 3.67. The van der Waals surface area contributed by atoms with Crippen LogP contribution in [0.3, 0.4) is 0 Å². The Labute approximate surface area is 120 Å². The van der Waals surface area contributed by atoms with Crippen LogP contribution in [-0.2, 0) is 11.2 Å². The number of rotatable bonds is 6. The van der Waals surface area contributed by atoms with Crippen molar-refractivity contribution in [1.29, 1.82) is 0 Å². The van der Waals surface area contributed by atoms with Crippen LogP contribution in [0.5, 0.6) is 0 Å². The van der Waals surface area contributed by atoms with Gasteiger partial charge in [-0.1, -0.05) is 16.8 Å². The molecule has 0 aliphatic heterocycles. The van der Waals surface area contributed by atoms with Crippen molar-refractivity contribution in [3.63, 3.8) is 0 Å². The Morgan fingerprint density at radius 1 is 1.40 bits per heavy atom. The first kappa shape index (κ1) is 14.5. The number of carboxylic acid groups (broad SMARTS) is 1. The Bertz CT molecular complexity index is 615. The molecule has 0 spiro atoms. The van der Waals surface area contributed by atoms with Crippen molar-refractivity contribution in [2.24, 2.45) is 0 Å². The molecule has 0 saturated heterocycles. The van der Waals surface area contributed by atoms with Crippen LogP contribution in [-0.4, -0.2) is 26.1 Å². The van der Waals surface area contributed by atoms with E-state index in [2.05, 4.69) is 10.3 Å². The van der Waals surface area contributed by atoms with Gasteiger partial charge >= 0.3 is 5.97 Å². The molecule has 1 aromatic heterocycles. The van der Waals surface area contributed by atoms with Crippen LogP contribution in [0.4, 0.5) is 4.39 Å². The molecule has 0 radical (unpaired) electrons. The second-order valence-corrected chi connectivity index (χ2v) is 4.79. The van der Waals surface area contributed by atoms with Crippen molar-refractivity contribution in [3.8, 4) is 5.69 Å². The van der Waals surface area contributed by atoms with E-state index in [4.69, 9.17) is 16.7 Å². The normalized spacial score (nSPS) is 10.7. The van der Waals surface area contributed by atoms with E-state index >= 15 is 0 Å². The van der Waals surface area contributed by atoms with Crippen LogP contribution in [0.2, 0.25) is 5.02 Å². The molecule has 1 heterocycles. The Morgan fingerprint density at radius 3 is 2.90 bits per heavy atom. The molecule has 0 saturated carbocycles. The number of hydrogen-bond donors (Lipinski definition) is 1. The summed E-state index contributed by atoms with van der Waals surface area (Å²) in [5.74, 6) is -1.28. The molecular formula is C13H13ClFN3O2. The van der Waals surface area contributed by atoms with Gasteiger partial charge in [0.1, 0.15) is 11.5 Å². The smallest absolute Gasteiger partial charge is 0.303 e. The van der Waals surface area contributed by atoms with E-state index in [0.717, 1.165) is 0 Å². The standard InChI is InChI=1S/C13H13ClFN3O2/c14-9-5-6-12(11(15)7-9)18-8-10(16-17-18)3-1-2-4-13(19)20/h5-8H,1-4H2,(H,19,20). The van der Waals surface area contributed by atoms with E-state index in [0.29, 0.717) is 30.0 Å². The van der Waals surface area contributed by atoms with Gasteiger partial charge in [-0.15, -0.1) is 5.10 Å². The first-order chi connectivity index (χ1) is 9.56. The number of aliphatic carboxylic acids is 1. The maximum atomic E-state index is 13.7. The van der Waals surface area contributed by atoms with Crippen molar-refractivity contribution in [1.82, 2.24) is 15.0 Å². The number of halogens is 2. The van der Waals surface area contributed by atoms with Gasteiger partial charge in [0.2, 0.25) is 0 Å². The lowest BCUT2D eigenvalue weighted by Crippen LogP contribution is -1.98. The Hall–Kier alpha value is -1.95. The van der Waals surface area contributed by atoms with Gasteiger partial charge < -0.3 is 5.11 Å². The molecule has 0 unspecified atom stereocenters. The summed E-state index contributed by atoms with van der Waals surface area (Å²) in [5.41, 5.74) is 0.975. The number of benzene rings is 1. The van der Waals surface area contributed by atoms with E-state index in [9.17, 15) is 9.18 Å². The maximum Gasteiger partial charge on any atom is 0.303 e. The molecule has 1 aromatic carbocycles. The fraction of sp³-hybridized carbons (Fsp3) is 0.308. The monoisotopic (exact) mass is 297 g/mol. The van der Waals surface area contributed by atoms with E-state index in [1.807, 2.05) is 0 Å². The fourth-order valence-corrected chi connectivity index (χ4v) is 1.94. The molecule has 5 nitrogen and oxygen atoms in total. The van der Waals surface area contributed by atoms with Gasteiger partial charge in [-0.2, -0.15) is 0 Å². The van der Waals surface area contributed by atoms with Crippen molar-refractivity contribution < 1.29 is 14.3 Å². The zero-order valence-electron chi connectivity index (χ0n) is 10.6. The summed E-state index contributed by atoms with van der Waals surface area (Å²) in [6, 6.07) is 4.32. The third-order valence-electron chi connectivity index (χ3n) is 2.77. The highest BCUT2D eigenvalue weighted by molar-refractivity contribution is 6.30. The van der Waals surface area contributed by atoms with E-state index in [1.54, 1.807) is 12.3 Å². The number of unbranched alkanes of at least 4 members (excludes halogenated alkanes) is 1. The second-order valence-electron chi connectivity index (χ2n) is 4.35. The predicted molar refractivity (Wildman–Crippen MR) is 71.5 cm³/mol. The maximum absolute atomic E-state index is 13.7. The summed E-state index contributed by atoms with van der Waals surface area (Å²) in [5, 5.41) is 16.6. The van der Waals surface area contributed by atoms with Crippen LogP contribution < -0.4 is 0 Å². The highest BCUT2D eigenvalue weighted by atomic mass is 35.5. The van der Waals surface area contributed by atoms with E-state index < -0.39 is 11.8 Å². The highest BCUT2D eigenvalue weighted by Crippen LogP contribution is 2.18. The minimum Gasteiger partial charge on any atom is -0.481 e. The molecule has 20 heavy (non-hydrogen) atoms. The third-order valence-corrected chi connectivity index (χ3v) is 3.01. The van der Waals surface area contributed by atoms with Crippen LogP contribution in [0, 0.1) is 5.82 Å². The molecule has 1 N–H and O–H groups in total. The summed E-state index contributed by atoms with van der Waals surface area (Å²) >= 11 is 5.69. The molecule has 0 aliphatic carbocycles. The molecule has 0 atom stereocenters. The summed E-state index contributed by atoms with van der Waals surface area (Å²) in [4.78, 5) is 10.4. The molecule has 0 bridgehead atoms. The van der Waals surface area contributed by atoms with Gasteiger partial charge in [-0.05, 0) is 37.5 Å². The molecule has 106 valence electrons. The van der Waals surface area contributed by atoms with Crippen LogP contribution in [0.25, 0.3) is 5.69 Å². The van der Waals surface area contributed by atoms with Gasteiger partial charge in [-0.3, -0.25) is 4.79 Å². The van der Waals surface area contributed by atoms with Gasteiger partial charge in [0.05, 0.1) is 11.9 Å². The first-order valence-corrected chi connectivity index (χ1v) is 6.52.